The average Bonchev–Trinajstić information content (AvgIpc) is 2.20. The fraction of sp³-hybridized carbons (Fsp3) is 0.182. The normalized spacial score (nSPS) is 8.93. The maximum atomic E-state index is 13.2. The Bertz CT molecular complexity index is 432. The van der Waals surface area contributed by atoms with E-state index in [1.165, 1.54) is 25.3 Å². The molecule has 0 fully saturated rings. The van der Waals surface area contributed by atoms with Crippen LogP contribution in [-0.2, 0) is 4.79 Å². The zero-order valence-corrected chi connectivity index (χ0v) is 8.21. The standard InChI is InChI=1S/C11H10FNO2/c1-15-9-5-6-10(12)8(7-9)3-2-4-11(13)14/h5-7H,4H2,1H3,(H2,13,14). The highest BCUT2D eigenvalue weighted by Gasteiger charge is 2.00. The summed E-state index contributed by atoms with van der Waals surface area (Å²) in [4.78, 5) is 10.4. The third-order valence-electron chi connectivity index (χ3n) is 1.66. The van der Waals surface area contributed by atoms with E-state index in [1.807, 2.05) is 0 Å². The lowest BCUT2D eigenvalue weighted by Crippen LogP contribution is -2.08. The molecule has 4 heteroatoms. The Hall–Kier alpha value is -2.02. The number of ether oxygens (including phenoxy) is 1. The average molecular weight is 207 g/mol. The van der Waals surface area contributed by atoms with Crippen LogP contribution in [-0.4, -0.2) is 13.0 Å². The topological polar surface area (TPSA) is 52.3 Å². The highest BCUT2D eigenvalue weighted by atomic mass is 19.1. The number of nitrogens with two attached hydrogens (primary N) is 1. The molecule has 0 bridgehead atoms. The van der Waals surface area contributed by atoms with Gasteiger partial charge in [-0.25, -0.2) is 4.39 Å². The number of primary amides is 1. The van der Waals surface area contributed by atoms with E-state index >= 15 is 0 Å². The van der Waals surface area contributed by atoms with Gasteiger partial charge in [0.15, 0.2) is 0 Å². The quantitative estimate of drug-likeness (QED) is 0.737. The first-order chi connectivity index (χ1) is 7.13. The smallest absolute Gasteiger partial charge is 0.229 e. The lowest BCUT2D eigenvalue weighted by Gasteiger charge is -2.00. The van der Waals surface area contributed by atoms with E-state index in [1.54, 1.807) is 0 Å². The van der Waals surface area contributed by atoms with Crippen LogP contribution in [0, 0.1) is 17.7 Å². The lowest BCUT2D eigenvalue weighted by molar-refractivity contribution is -0.117. The van der Waals surface area contributed by atoms with Gasteiger partial charge in [-0.15, -0.1) is 0 Å². The van der Waals surface area contributed by atoms with Crippen LogP contribution < -0.4 is 10.5 Å². The molecule has 1 amide bonds. The van der Waals surface area contributed by atoms with Gasteiger partial charge in [0.05, 0.1) is 19.1 Å². The molecular weight excluding hydrogens is 197 g/mol. The number of rotatable bonds is 2. The minimum absolute atomic E-state index is 0.0867. The largest absolute Gasteiger partial charge is 0.497 e. The van der Waals surface area contributed by atoms with E-state index in [-0.39, 0.29) is 12.0 Å². The van der Waals surface area contributed by atoms with Crippen LogP contribution >= 0.6 is 0 Å². The van der Waals surface area contributed by atoms with Crippen molar-refractivity contribution in [2.24, 2.45) is 5.73 Å². The van der Waals surface area contributed by atoms with Crippen LogP contribution in [0.2, 0.25) is 0 Å². The van der Waals surface area contributed by atoms with Crippen LogP contribution in [0.15, 0.2) is 18.2 Å². The molecule has 1 aromatic rings. The van der Waals surface area contributed by atoms with Crippen LogP contribution in [0.25, 0.3) is 0 Å². The van der Waals surface area contributed by atoms with E-state index in [4.69, 9.17) is 10.5 Å². The monoisotopic (exact) mass is 207 g/mol. The fourth-order valence-electron chi connectivity index (χ4n) is 0.954. The molecule has 0 unspecified atom stereocenters. The molecule has 2 N–H and O–H groups in total. The molecular formula is C11H10FNO2. The molecule has 0 radical (unpaired) electrons. The fourth-order valence-corrected chi connectivity index (χ4v) is 0.954. The summed E-state index contributed by atoms with van der Waals surface area (Å²) < 4.78 is 18.1. The molecule has 0 aliphatic rings. The molecule has 78 valence electrons. The molecule has 0 aliphatic carbocycles. The van der Waals surface area contributed by atoms with Gasteiger partial charge < -0.3 is 10.5 Å². The number of carbonyl (C=O) groups is 1. The van der Waals surface area contributed by atoms with Crippen LogP contribution in [0.1, 0.15) is 12.0 Å². The van der Waals surface area contributed by atoms with Gasteiger partial charge in [-0.1, -0.05) is 11.8 Å². The molecule has 1 aromatic carbocycles. The summed E-state index contributed by atoms with van der Waals surface area (Å²) in [7, 11) is 1.48. The first kappa shape index (κ1) is 11.1. The van der Waals surface area contributed by atoms with Gasteiger partial charge in [0.1, 0.15) is 11.6 Å². The van der Waals surface area contributed by atoms with E-state index in [0.29, 0.717) is 5.75 Å². The Balaban J connectivity index is 2.91. The molecule has 0 aromatic heterocycles. The Morgan fingerprint density at radius 3 is 2.93 bits per heavy atom. The highest BCUT2D eigenvalue weighted by Crippen LogP contribution is 2.15. The zero-order chi connectivity index (χ0) is 11.3. The van der Waals surface area contributed by atoms with Crippen molar-refractivity contribution in [2.45, 2.75) is 6.42 Å². The second-order valence-electron chi connectivity index (χ2n) is 2.79. The number of carbonyl (C=O) groups excluding carboxylic acids is 1. The predicted octanol–water partition coefficient (Wildman–Crippen LogP) is 1.06. The van der Waals surface area contributed by atoms with Crippen molar-refractivity contribution in [3.05, 3.63) is 29.6 Å². The van der Waals surface area contributed by atoms with Crippen LogP contribution in [0.5, 0.6) is 5.75 Å². The molecule has 1 rings (SSSR count). The van der Waals surface area contributed by atoms with Gasteiger partial charge in [0.25, 0.3) is 0 Å². The van der Waals surface area contributed by atoms with Crippen molar-refractivity contribution in [2.75, 3.05) is 7.11 Å². The maximum absolute atomic E-state index is 13.2. The van der Waals surface area contributed by atoms with Crippen molar-refractivity contribution in [1.82, 2.24) is 0 Å². The van der Waals surface area contributed by atoms with Crippen molar-refractivity contribution < 1.29 is 13.9 Å². The summed E-state index contributed by atoms with van der Waals surface area (Å²) in [6.45, 7) is 0. The third-order valence-corrected chi connectivity index (χ3v) is 1.66. The SMILES string of the molecule is COc1ccc(F)c(C#CCC(N)=O)c1. The Morgan fingerprint density at radius 2 is 2.33 bits per heavy atom. The van der Waals surface area contributed by atoms with Gasteiger partial charge in [-0.2, -0.15) is 0 Å². The number of amides is 1. The Kier molecular flexibility index (Phi) is 3.69. The summed E-state index contributed by atoms with van der Waals surface area (Å²) in [5.41, 5.74) is 5.08. The molecule has 0 heterocycles. The summed E-state index contributed by atoms with van der Waals surface area (Å²) in [5.74, 6) is 4.51. The molecule has 0 saturated carbocycles. The number of hydrogen-bond acceptors (Lipinski definition) is 2. The van der Waals surface area contributed by atoms with E-state index < -0.39 is 11.7 Å². The Labute approximate surface area is 87.0 Å². The van der Waals surface area contributed by atoms with E-state index in [9.17, 15) is 9.18 Å². The van der Waals surface area contributed by atoms with Gasteiger partial charge in [0, 0.05) is 0 Å². The number of methoxy groups -OCH3 is 1. The number of hydrogen-bond donors (Lipinski definition) is 1. The molecule has 3 nitrogen and oxygen atoms in total. The molecule has 15 heavy (non-hydrogen) atoms. The first-order valence-corrected chi connectivity index (χ1v) is 4.24. The minimum atomic E-state index is -0.536. The summed E-state index contributed by atoms with van der Waals surface area (Å²) >= 11 is 0. The molecule has 0 spiro atoms. The Morgan fingerprint density at radius 1 is 1.60 bits per heavy atom. The second kappa shape index (κ2) is 5.01. The van der Waals surface area contributed by atoms with Crippen molar-refractivity contribution in [3.8, 4) is 17.6 Å². The molecule has 0 atom stereocenters. The first-order valence-electron chi connectivity index (χ1n) is 4.24. The summed E-state index contributed by atoms with van der Waals surface area (Å²) in [6, 6.07) is 4.21. The lowest BCUT2D eigenvalue weighted by atomic mass is 10.2. The predicted molar refractivity (Wildman–Crippen MR) is 53.6 cm³/mol. The molecule has 0 saturated heterocycles. The van der Waals surface area contributed by atoms with Crippen molar-refractivity contribution in [1.29, 1.82) is 0 Å². The second-order valence-corrected chi connectivity index (χ2v) is 2.79. The van der Waals surface area contributed by atoms with Crippen molar-refractivity contribution in [3.63, 3.8) is 0 Å². The number of benzene rings is 1. The summed E-state index contributed by atoms with van der Waals surface area (Å²) in [5, 5.41) is 0. The maximum Gasteiger partial charge on any atom is 0.229 e. The van der Waals surface area contributed by atoms with Crippen LogP contribution in [0.4, 0.5) is 4.39 Å². The third kappa shape index (κ3) is 3.31. The van der Waals surface area contributed by atoms with Gasteiger partial charge in [-0.3, -0.25) is 4.79 Å². The van der Waals surface area contributed by atoms with Crippen LogP contribution in [0.3, 0.4) is 0 Å². The van der Waals surface area contributed by atoms with Gasteiger partial charge in [-0.05, 0) is 18.2 Å². The van der Waals surface area contributed by atoms with E-state index in [2.05, 4.69) is 11.8 Å². The minimum Gasteiger partial charge on any atom is -0.497 e. The summed E-state index contributed by atoms with van der Waals surface area (Å²) in [6.07, 6.45) is -0.0867. The van der Waals surface area contributed by atoms with Gasteiger partial charge in [0.2, 0.25) is 5.91 Å². The molecule has 0 aliphatic heterocycles. The highest BCUT2D eigenvalue weighted by molar-refractivity contribution is 5.76. The van der Waals surface area contributed by atoms with E-state index in [0.717, 1.165) is 0 Å². The van der Waals surface area contributed by atoms with Crippen molar-refractivity contribution >= 4 is 5.91 Å². The zero-order valence-electron chi connectivity index (χ0n) is 8.21. The number of halogens is 1. The van der Waals surface area contributed by atoms with Gasteiger partial charge >= 0.3 is 0 Å².